The Bertz CT molecular complexity index is 945. The number of aryl methyl sites for hydroxylation is 1. The van der Waals surface area contributed by atoms with Crippen LogP contribution in [0.5, 0.6) is 0 Å². The van der Waals surface area contributed by atoms with E-state index < -0.39 is 0 Å². The van der Waals surface area contributed by atoms with Crippen LogP contribution in [0.3, 0.4) is 0 Å². The third-order valence-corrected chi connectivity index (χ3v) is 5.39. The van der Waals surface area contributed by atoms with E-state index in [2.05, 4.69) is 23.7 Å². The Hall–Kier alpha value is -2.14. The van der Waals surface area contributed by atoms with Crippen LogP contribution in [-0.2, 0) is 7.05 Å². The predicted molar refractivity (Wildman–Crippen MR) is 97.5 cm³/mol. The number of fused-ring (bicyclic) bond motifs is 3. The molecule has 0 spiro atoms. The Morgan fingerprint density at radius 1 is 1.17 bits per heavy atom. The summed E-state index contributed by atoms with van der Waals surface area (Å²) in [5.41, 5.74) is 1.94. The molecule has 0 unspecified atom stereocenters. The van der Waals surface area contributed by atoms with Gasteiger partial charge in [0.1, 0.15) is 5.65 Å². The summed E-state index contributed by atoms with van der Waals surface area (Å²) in [6.45, 7) is 6.74. The Morgan fingerprint density at radius 3 is 2.50 bits per heavy atom. The lowest BCUT2D eigenvalue weighted by atomic mass is 9.90. The van der Waals surface area contributed by atoms with Gasteiger partial charge in [0, 0.05) is 35.2 Å². The van der Waals surface area contributed by atoms with Crippen LogP contribution in [0.2, 0.25) is 0 Å². The molecule has 4 rings (SSSR count). The highest BCUT2D eigenvalue weighted by Crippen LogP contribution is 2.34. The molecule has 0 radical (unpaired) electrons. The SMILES string of the molecule is CC(C)N1CCC(c2nn(C)c3[nH]c(=O)c4ccccc4c23)CC1. The van der Waals surface area contributed by atoms with Gasteiger partial charge in [0.05, 0.1) is 5.69 Å². The first-order valence-corrected chi connectivity index (χ1v) is 8.78. The number of aromatic amines is 1. The average Bonchev–Trinajstić information content (AvgIpc) is 2.92. The maximum atomic E-state index is 12.3. The summed E-state index contributed by atoms with van der Waals surface area (Å²) in [7, 11) is 1.92. The standard InChI is InChI=1S/C19H24N4O/c1-12(2)23-10-8-13(9-11-23)17-16-14-6-4-5-7-15(14)19(24)20-18(16)22(3)21-17/h4-7,12-13H,8-11H2,1-3H3,(H,20,24). The zero-order valence-electron chi connectivity index (χ0n) is 14.5. The van der Waals surface area contributed by atoms with Crippen molar-refractivity contribution in [3.63, 3.8) is 0 Å². The van der Waals surface area contributed by atoms with E-state index in [1.807, 2.05) is 36.0 Å². The van der Waals surface area contributed by atoms with Crippen molar-refractivity contribution in [2.24, 2.45) is 7.05 Å². The molecular formula is C19H24N4O. The molecule has 0 bridgehead atoms. The molecule has 0 atom stereocenters. The third-order valence-electron chi connectivity index (χ3n) is 5.39. The first-order chi connectivity index (χ1) is 11.6. The highest BCUT2D eigenvalue weighted by molar-refractivity contribution is 6.05. The predicted octanol–water partition coefficient (Wildman–Crippen LogP) is 3.00. The number of piperidine rings is 1. The largest absolute Gasteiger partial charge is 0.306 e. The summed E-state index contributed by atoms with van der Waals surface area (Å²) < 4.78 is 1.83. The molecule has 5 heteroatoms. The van der Waals surface area contributed by atoms with Gasteiger partial charge >= 0.3 is 0 Å². The van der Waals surface area contributed by atoms with Gasteiger partial charge in [-0.05, 0) is 45.8 Å². The van der Waals surface area contributed by atoms with Gasteiger partial charge in [-0.3, -0.25) is 9.48 Å². The molecule has 5 nitrogen and oxygen atoms in total. The molecule has 1 N–H and O–H groups in total. The van der Waals surface area contributed by atoms with Gasteiger partial charge in [-0.15, -0.1) is 0 Å². The van der Waals surface area contributed by atoms with Crippen molar-refractivity contribution in [1.82, 2.24) is 19.7 Å². The van der Waals surface area contributed by atoms with Crippen LogP contribution in [-0.4, -0.2) is 38.8 Å². The summed E-state index contributed by atoms with van der Waals surface area (Å²) in [4.78, 5) is 17.9. The van der Waals surface area contributed by atoms with Crippen LogP contribution in [0.15, 0.2) is 29.1 Å². The number of rotatable bonds is 2. The lowest BCUT2D eigenvalue weighted by Gasteiger charge is -2.34. The first-order valence-electron chi connectivity index (χ1n) is 8.78. The minimum atomic E-state index is -0.0396. The lowest BCUT2D eigenvalue weighted by Crippen LogP contribution is -2.37. The van der Waals surface area contributed by atoms with Gasteiger partial charge in [-0.2, -0.15) is 5.10 Å². The monoisotopic (exact) mass is 324 g/mol. The second kappa shape index (κ2) is 5.74. The molecule has 126 valence electrons. The van der Waals surface area contributed by atoms with Crippen molar-refractivity contribution < 1.29 is 0 Å². The van der Waals surface area contributed by atoms with Gasteiger partial charge in [-0.1, -0.05) is 18.2 Å². The van der Waals surface area contributed by atoms with E-state index >= 15 is 0 Å². The molecule has 0 aliphatic carbocycles. The normalized spacial score (nSPS) is 17.3. The number of hydrogen-bond acceptors (Lipinski definition) is 3. The number of hydrogen-bond donors (Lipinski definition) is 1. The number of nitrogens with zero attached hydrogens (tertiary/aromatic N) is 3. The fourth-order valence-corrected chi connectivity index (χ4v) is 4.00. The molecule has 3 aromatic rings. The Balaban J connectivity index is 1.85. The highest BCUT2D eigenvalue weighted by Gasteiger charge is 2.27. The van der Waals surface area contributed by atoms with Crippen LogP contribution < -0.4 is 5.56 Å². The van der Waals surface area contributed by atoms with E-state index in [4.69, 9.17) is 5.10 Å². The molecule has 0 saturated carbocycles. The third kappa shape index (κ3) is 2.35. The van der Waals surface area contributed by atoms with Crippen molar-refractivity contribution in [3.8, 4) is 0 Å². The van der Waals surface area contributed by atoms with Crippen LogP contribution in [0, 0.1) is 0 Å². The molecule has 24 heavy (non-hydrogen) atoms. The number of nitrogens with one attached hydrogen (secondary N) is 1. The van der Waals surface area contributed by atoms with Crippen molar-refractivity contribution in [1.29, 1.82) is 0 Å². The summed E-state index contributed by atoms with van der Waals surface area (Å²) in [5, 5.41) is 7.69. The van der Waals surface area contributed by atoms with E-state index in [0.29, 0.717) is 12.0 Å². The number of likely N-dealkylation sites (tertiary alicyclic amines) is 1. The Kier molecular flexibility index (Phi) is 3.68. The molecule has 0 amide bonds. The van der Waals surface area contributed by atoms with Gasteiger partial charge in [0.2, 0.25) is 0 Å². The number of benzene rings is 1. The molecular weight excluding hydrogens is 300 g/mol. The first kappa shape index (κ1) is 15.4. The number of pyridine rings is 1. The van der Waals surface area contributed by atoms with Gasteiger partial charge in [0.15, 0.2) is 0 Å². The van der Waals surface area contributed by atoms with E-state index in [0.717, 1.165) is 53.4 Å². The maximum Gasteiger partial charge on any atom is 0.257 e. The summed E-state index contributed by atoms with van der Waals surface area (Å²) in [6, 6.07) is 8.45. The molecule has 1 aliphatic heterocycles. The maximum absolute atomic E-state index is 12.3. The topological polar surface area (TPSA) is 53.9 Å². The van der Waals surface area contributed by atoms with Crippen LogP contribution in [0.25, 0.3) is 21.8 Å². The van der Waals surface area contributed by atoms with Gasteiger partial charge in [-0.25, -0.2) is 0 Å². The minimum absolute atomic E-state index is 0.0396. The van der Waals surface area contributed by atoms with Gasteiger partial charge in [0.25, 0.3) is 5.56 Å². The summed E-state index contributed by atoms with van der Waals surface area (Å²) in [6.07, 6.45) is 2.25. The summed E-state index contributed by atoms with van der Waals surface area (Å²) >= 11 is 0. The molecule has 1 aromatic carbocycles. The van der Waals surface area contributed by atoms with Crippen LogP contribution >= 0.6 is 0 Å². The smallest absolute Gasteiger partial charge is 0.257 e. The summed E-state index contributed by atoms with van der Waals surface area (Å²) in [5.74, 6) is 0.456. The molecule has 3 heterocycles. The highest BCUT2D eigenvalue weighted by atomic mass is 16.1. The van der Waals surface area contributed by atoms with E-state index in [9.17, 15) is 4.79 Å². The van der Waals surface area contributed by atoms with Crippen LogP contribution in [0.1, 0.15) is 38.3 Å². The lowest BCUT2D eigenvalue weighted by molar-refractivity contribution is 0.171. The molecule has 2 aromatic heterocycles. The quantitative estimate of drug-likeness (QED) is 0.788. The average molecular weight is 324 g/mol. The van der Waals surface area contributed by atoms with E-state index in [-0.39, 0.29) is 5.56 Å². The van der Waals surface area contributed by atoms with Crippen molar-refractivity contribution in [3.05, 3.63) is 40.3 Å². The fraction of sp³-hybridized carbons (Fsp3) is 0.474. The Morgan fingerprint density at radius 2 is 1.83 bits per heavy atom. The molecule has 1 saturated heterocycles. The number of aromatic nitrogens is 3. The zero-order chi connectivity index (χ0) is 16.8. The number of H-pyrrole nitrogens is 1. The van der Waals surface area contributed by atoms with Crippen molar-refractivity contribution >= 4 is 21.8 Å². The van der Waals surface area contributed by atoms with E-state index in [1.54, 1.807) is 0 Å². The molecule has 1 aliphatic rings. The van der Waals surface area contributed by atoms with Gasteiger partial charge < -0.3 is 9.88 Å². The van der Waals surface area contributed by atoms with Crippen molar-refractivity contribution in [2.75, 3.05) is 13.1 Å². The van der Waals surface area contributed by atoms with Crippen LogP contribution in [0.4, 0.5) is 0 Å². The van der Waals surface area contributed by atoms with E-state index in [1.165, 1.54) is 0 Å². The minimum Gasteiger partial charge on any atom is -0.306 e. The Labute approximate surface area is 141 Å². The second-order valence-corrected chi connectivity index (χ2v) is 7.14. The fourth-order valence-electron chi connectivity index (χ4n) is 4.00. The zero-order valence-corrected chi connectivity index (χ0v) is 14.5. The van der Waals surface area contributed by atoms with Crippen molar-refractivity contribution in [2.45, 2.75) is 38.6 Å². The second-order valence-electron chi connectivity index (χ2n) is 7.14. The molecule has 1 fully saturated rings.